The van der Waals surface area contributed by atoms with Gasteiger partial charge in [0.1, 0.15) is 5.82 Å². The van der Waals surface area contributed by atoms with E-state index in [-0.39, 0.29) is 11.8 Å². The number of carbonyl (C=O) groups excluding carboxylic acids is 1. The molecule has 2 rings (SSSR count). The van der Waals surface area contributed by atoms with Gasteiger partial charge < -0.3 is 11.1 Å². The first-order valence-electron chi connectivity index (χ1n) is 6.83. The number of aromatic amines is 1. The number of nitrogens with zero attached hydrogens (tertiary/aromatic N) is 1. The van der Waals surface area contributed by atoms with Crippen LogP contribution in [0.25, 0.3) is 0 Å². The zero-order valence-electron chi connectivity index (χ0n) is 10.7. The number of nitrogens with two attached hydrogens (primary N) is 1. The third kappa shape index (κ3) is 3.48. The van der Waals surface area contributed by atoms with Crippen LogP contribution in [0.3, 0.4) is 0 Å². The molecule has 0 aromatic carbocycles. The normalized spacial score (nSPS) is 18.0. The maximum atomic E-state index is 12.1. The van der Waals surface area contributed by atoms with Gasteiger partial charge in [-0.3, -0.25) is 9.89 Å². The molecule has 0 radical (unpaired) electrons. The van der Waals surface area contributed by atoms with Crippen LogP contribution >= 0.6 is 0 Å². The highest BCUT2D eigenvalue weighted by atomic mass is 16.1. The molecule has 1 amide bonds. The topological polar surface area (TPSA) is 83.8 Å². The largest absolute Gasteiger partial charge is 0.384 e. The summed E-state index contributed by atoms with van der Waals surface area (Å²) in [6, 6.07) is 0. The van der Waals surface area contributed by atoms with Crippen molar-refractivity contribution >= 4 is 11.7 Å². The molecule has 0 bridgehead atoms. The number of aromatic nitrogens is 2. The monoisotopic (exact) mass is 250 g/mol. The molecule has 5 heteroatoms. The van der Waals surface area contributed by atoms with Crippen molar-refractivity contribution in [1.82, 2.24) is 15.5 Å². The van der Waals surface area contributed by atoms with E-state index in [1.165, 1.54) is 32.1 Å². The van der Waals surface area contributed by atoms with Gasteiger partial charge in [0.2, 0.25) is 5.91 Å². The third-order valence-corrected chi connectivity index (χ3v) is 3.68. The predicted octanol–water partition coefficient (Wildman–Crippen LogP) is 1.97. The molecule has 1 aromatic rings. The first-order chi connectivity index (χ1) is 8.77. The van der Waals surface area contributed by atoms with Crippen molar-refractivity contribution < 1.29 is 4.79 Å². The van der Waals surface area contributed by atoms with Gasteiger partial charge in [0, 0.05) is 18.0 Å². The summed E-state index contributed by atoms with van der Waals surface area (Å²) in [5, 5.41) is 9.47. The van der Waals surface area contributed by atoms with Crippen molar-refractivity contribution in [2.75, 3.05) is 5.73 Å². The first-order valence-corrected chi connectivity index (χ1v) is 6.83. The molecule has 4 N–H and O–H groups in total. The second-order valence-corrected chi connectivity index (χ2v) is 5.07. The second-order valence-electron chi connectivity index (χ2n) is 5.07. The summed E-state index contributed by atoms with van der Waals surface area (Å²) >= 11 is 0. The molecule has 0 unspecified atom stereocenters. The van der Waals surface area contributed by atoms with Gasteiger partial charge >= 0.3 is 0 Å². The quantitative estimate of drug-likeness (QED) is 0.766. The van der Waals surface area contributed by atoms with Crippen molar-refractivity contribution in [3.8, 4) is 0 Å². The smallest absolute Gasteiger partial charge is 0.223 e. The molecular formula is C13H22N4O. The number of nitrogens with one attached hydrogen (secondary N) is 2. The van der Waals surface area contributed by atoms with Crippen molar-refractivity contribution in [2.24, 2.45) is 5.92 Å². The molecule has 0 spiro atoms. The first kappa shape index (κ1) is 12.9. The van der Waals surface area contributed by atoms with Gasteiger partial charge in [-0.05, 0) is 12.8 Å². The van der Waals surface area contributed by atoms with Crippen molar-refractivity contribution in [3.05, 3.63) is 11.8 Å². The number of nitrogen functional groups attached to an aromatic ring is 1. The fourth-order valence-electron chi connectivity index (χ4n) is 2.51. The maximum Gasteiger partial charge on any atom is 0.223 e. The Bertz CT molecular complexity index is 380. The number of H-pyrrole nitrogens is 1. The van der Waals surface area contributed by atoms with E-state index in [1.54, 1.807) is 6.20 Å². The van der Waals surface area contributed by atoms with Gasteiger partial charge in [-0.25, -0.2) is 0 Å². The van der Waals surface area contributed by atoms with Crippen LogP contribution in [0.5, 0.6) is 0 Å². The molecule has 100 valence electrons. The number of carbonyl (C=O) groups is 1. The summed E-state index contributed by atoms with van der Waals surface area (Å²) in [5.74, 6) is 0.879. The summed E-state index contributed by atoms with van der Waals surface area (Å²) in [6.45, 7) is 0.470. The number of hydrogen-bond acceptors (Lipinski definition) is 3. The van der Waals surface area contributed by atoms with Crippen molar-refractivity contribution in [1.29, 1.82) is 0 Å². The minimum Gasteiger partial charge on any atom is -0.384 e. The zero-order chi connectivity index (χ0) is 12.8. The van der Waals surface area contributed by atoms with Crippen LogP contribution in [0.4, 0.5) is 5.82 Å². The van der Waals surface area contributed by atoms with E-state index in [9.17, 15) is 4.79 Å². The summed E-state index contributed by atoms with van der Waals surface area (Å²) in [7, 11) is 0. The molecule has 1 aromatic heterocycles. The number of amides is 1. The summed E-state index contributed by atoms with van der Waals surface area (Å²) < 4.78 is 0. The van der Waals surface area contributed by atoms with Crippen LogP contribution in [0.2, 0.25) is 0 Å². The van der Waals surface area contributed by atoms with Gasteiger partial charge in [-0.2, -0.15) is 5.10 Å². The Morgan fingerprint density at radius 2 is 2.00 bits per heavy atom. The van der Waals surface area contributed by atoms with E-state index in [2.05, 4.69) is 15.5 Å². The van der Waals surface area contributed by atoms with Crippen LogP contribution in [0.1, 0.15) is 50.5 Å². The van der Waals surface area contributed by atoms with Gasteiger partial charge in [0.05, 0.1) is 6.20 Å². The predicted molar refractivity (Wildman–Crippen MR) is 70.7 cm³/mol. The molecule has 5 nitrogen and oxygen atoms in total. The Morgan fingerprint density at radius 1 is 1.33 bits per heavy atom. The highest BCUT2D eigenvalue weighted by molar-refractivity contribution is 5.78. The Hall–Kier alpha value is -1.52. The van der Waals surface area contributed by atoms with E-state index in [4.69, 9.17) is 5.73 Å². The maximum absolute atomic E-state index is 12.1. The Morgan fingerprint density at radius 3 is 2.61 bits per heavy atom. The molecule has 0 saturated heterocycles. The van der Waals surface area contributed by atoms with Crippen LogP contribution in [-0.2, 0) is 11.3 Å². The molecule has 1 fully saturated rings. The highest BCUT2D eigenvalue weighted by Crippen LogP contribution is 2.22. The standard InChI is InChI=1S/C13H22N4O/c14-12-11(9-16-17-12)8-15-13(18)10-6-4-2-1-3-5-7-10/h9-10H,1-8H2,(H,15,18)(H3,14,16,17). The van der Waals surface area contributed by atoms with E-state index < -0.39 is 0 Å². The minimum atomic E-state index is 0.164. The van der Waals surface area contributed by atoms with Crippen LogP contribution < -0.4 is 11.1 Å². The van der Waals surface area contributed by atoms with Gasteiger partial charge in [-0.15, -0.1) is 0 Å². The van der Waals surface area contributed by atoms with Crippen molar-refractivity contribution in [2.45, 2.75) is 51.5 Å². The van der Waals surface area contributed by atoms with E-state index >= 15 is 0 Å². The zero-order valence-corrected chi connectivity index (χ0v) is 10.7. The lowest BCUT2D eigenvalue weighted by atomic mass is 9.90. The van der Waals surface area contributed by atoms with E-state index in [1.807, 2.05) is 0 Å². The van der Waals surface area contributed by atoms with E-state index in [0.717, 1.165) is 18.4 Å². The summed E-state index contributed by atoms with van der Waals surface area (Å²) in [6.07, 6.45) is 9.89. The van der Waals surface area contributed by atoms with Gasteiger partial charge in [0.25, 0.3) is 0 Å². The summed E-state index contributed by atoms with van der Waals surface area (Å²) in [5.41, 5.74) is 6.54. The van der Waals surface area contributed by atoms with Crippen LogP contribution in [-0.4, -0.2) is 16.1 Å². The summed E-state index contributed by atoms with van der Waals surface area (Å²) in [4.78, 5) is 12.1. The van der Waals surface area contributed by atoms with Gasteiger partial charge in [0.15, 0.2) is 0 Å². The molecule has 1 heterocycles. The number of anilines is 1. The average Bonchev–Trinajstić information content (AvgIpc) is 2.71. The SMILES string of the molecule is Nc1[nH]ncc1CNC(=O)C1CCCCCCC1. The average molecular weight is 250 g/mol. The lowest BCUT2D eigenvalue weighted by molar-refractivity contribution is -0.125. The fourth-order valence-corrected chi connectivity index (χ4v) is 2.51. The molecule has 1 aliphatic carbocycles. The minimum absolute atomic E-state index is 0.164. The van der Waals surface area contributed by atoms with Gasteiger partial charge in [-0.1, -0.05) is 32.1 Å². The third-order valence-electron chi connectivity index (χ3n) is 3.68. The lowest BCUT2D eigenvalue weighted by Crippen LogP contribution is -2.30. The molecule has 0 aliphatic heterocycles. The number of hydrogen-bond donors (Lipinski definition) is 3. The molecule has 1 aliphatic rings. The lowest BCUT2D eigenvalue weighted by Gasteiger charge is -2.18. The Kier molecular flexibility index (Phi) is 4.61. The molecule has 1 saturated carbocycles. The van der Waals surface area contributed by atoms with Crippen LogP contribution in [0, 0.1) is 5.92 Å². The second kappa shape index (κ2) is 6.42. The fraction of sp³-hybridized carbons (Fsp3) is 0.692. The molecule has 18 heavy (non-hydrogen) atoms. The molecule has 0 atom stereocenters. The number of rotatable bonds is 3. The van der Waals surface area contributed by atoms with Crippen LogP contribution in [0.15, 0.2) is 6.20 Å². The molecular weight excluding hydrogens is 228 g/mol. The highest BCUT2D eigenvalue weighted by Gasteiger charge is 2.19. The Balaban J connectivity index is 1.81. The Labute approximate surface area is 108 Å². The van der Waals surface area contributed by atoms with Crippen molar-refractivity contribution in [3.63, 3.8) is 0 Å². The van der Waals surface area contributed by atoms with E-state index in [0.29, 0.717) is 12.4 Å².